The van der Waals surface area contributed by atoms with Crippen molar-refractivity contribution in [2.45, 2.75) is 50.8 Å². The zero-order valence-electron chi connectivity index (χ0n) is 13.6. The number of rotatable bonds is 7. The van der Waals surface area contributed by atoms with Gasteiger partial charge in [-0.3, -0.25) is 4.99 Å². The van der Waals surface area contributed by atoms with E-state index in [4.69, 9.17) is 0 Å². The zero-order chi connectivity index (χ0) is 14.8. The van der Waals surface area contributed by atoms with Gasteiger partial charge in [0, 0.05) is 38.0 Å². The third-order valence-corrected chi connectivity index (χ3v) is 5.01. The first-order valence-electron chi connectivity index (χ1n) is 7.88. The van der Waals surface area contributed by atoms with Crippen LogP contribution in [0, 0.1) is 0 Å². The number of piperidine rings is 1. The Morgan fingerprint density at radius 2 is 2.20 bits per heavy atom. The van der Waals surface area contributed by atoms with E-state index >= 15 is 0 Å². The predicted molar refractivity (Wildman–Crippen MR) is 91.8 cm³/mol. The van der Waals surface area contributed by atoms with Crippen molar-refractivity contribution in [3.8, 4) is 0 Å². The van der Waals surface area contributed by atoms with Crippen LogP contribution in [0.1, 0.15) is 39.5 Å². The van der Waals surface area contributed by atoms with Crippen LogP contribution in [-0.2, 0) is 0 Å². The number of nitrogens with one attached hydrogen (secondary N) is 2. The molecule has 0 aromatic rings. The van der Waals surface area contributed by atoms with E-state index in [0.717, 1.165) is 25.1 Å². The maximum absolute atomic E-state index is 4.27. The van der Waals surface area contributed by atoms with Crippen LogP contribution in [-0.4, -0.2) is 61.6 Å². The molecule has 1 saturated heterocycles. The smallest absolute Gasteiger partial charge is 0.191 e. The van der Waals surface area contributed by atoms with Crippen molar-refractivity contribution >= 4 is 17.7 Å². The molecule has 118 valence electrons. The molecule has 20 heavy (non-hydrogen) atoms. The number of aliphatic imine (C=N–C) groups is 1. The van der Waals surface area contributed by atoms with Gasteiger partial charge in [0.2, 0.25) is 0 Å². The van der Waals surface area contributed by atoms with E-state index in [1.165, 1.54) is 38.8 Å². The Balaban J connectivity index is 2.12. The van der Waals surface area contributed by atoms with E-state index in [-0.39, 0.29) is 0 Å². The lowest BCUT2D eigenvalue weighted by molar-refractivity contribution is 0.159. The van der Waals surface area contributed by atoms with Crippen molar-refractivity contribution in [3.63, 3.8) is 0 Å². The molecule has 1 aliphatic heterocycles. The fourth-order valence-electron chi connectivity index (χ4n) is 2.52. The van der Waals surface area contributed by atoms with Gasteiger partial charge >= 0.3 is 0 Å². The Bertz CT molecular complexity index is 283. The number of thioether (sulfide) groups is 1. The molecule has 5 heteroatoms. The number of hydrogen-bond acceptors (Lipinski definition) is 3. The second-order valence-corrected chi connectivity index (χ2v) is 6.94. The molecule has 0 amide bonds. The highest BCUT2D eigenvalue weighted by Gasteiger charge is 2.17. The highest BCUT2D eigenvalue weighted by Crippen LogP contribution is 2.15. The molecule has 0 spiro atoms. The van der Waals surface area contributed by atoms with E-state index in [1.807, 2.05) is 18.8 Å². The molecule has 0 bridgehead atoms. The first kappa shape index (κ1) is 17.6. The molecule has 1 fully saturated rings. The Kier molecular flexibility index (Phi) is 9.10. The maximum Gasteiger partial charge on any atom is 0.191 e. The molecule has 2 N–H and O–H groups in total. The number of hydrogen-bond donors (Lipinski definition) is 2. The topological polar surface area (TPSA) is 39.7 Å². The minimum absolute atomic E-state index is 0.614. The largest absolute Gasteiger partial charge is 0.356 e. The van der Waals surface area contributed by atoms with Gasteiger partial charge in [-0.25, -0.2) is 0 Å². The summed E-state index contributed by atoms with van der Waals surface area (Å²) in [6, 6.07) is 0.767. The van der Waals surface area contributed by atoms with Crippen LogP contribution in [0.25, 0.3) is 0 Å². The van der Waals surface area contributed by atoms with Crippen LogP contribution in [0.15, 0.2) is 4.99 Å². The van der Waals surface area contributed by atoms with Gasteiger partial charge < -0.3 is 15.5 Å². The van der Waals surface area contributed by atoms with Gasteiger partial charge in [0.25, 0.3) is 0 Å². The first-order valence-corrected chi connectivity index (χ1v) is 9.17. The van der Waals surface area contributed by atoms with Crippen molar-refractivity contribution in [1.82, 2.24) is 15.5 Å². The van der Waals surface area contributed by atoms with E-state index < -0.39 is 0 Å². The molecule has 0 aliphatic carbocycles. The van der Waals surface area contributed by atoms with Gasteiger partial charge in [-0.05, 0) is 39.0 Å². The summed E-state index contributed by atoms with van der Waals surface area (Å²) < 4.78 is 0. The second kappa shape index (κ2) is 10.3. The molecular weight excluding hydrogens is 268 g/mol. The van der Waals surface area contributed by atoms with E-state index in [2.05, 4.69) is 40.6 Å². The quantitative estimate of drug-likeness (QED) is 0.429. The standard InChI is InChI=1S/C15H32N4S/c1-13-8-5-6-10-19(13)11-7-9-17-15(16-3)18-12-14(2)20-4/h13-14H,5-12H2,1-4H3,(H2,16,17,18). The zero-order valence-corrected chi connectivity index (χ0v) is 14.4. The average Bonchev–Trinajstić information content (AvgIpc) is 2.47. The third kappa shape index (κ3) is 6.84. The van der Waals surface area contributed by atoms with Crippen molar-refractivity contribution in [1.29, 1.82) is 0 Å². The van der Waals surface area contributed by atoms with E-state index in [9.17, 15) is 0 Å². The van der Waals surface area contributed by atoms with Crippen LogP contribution < -0.4 is 10.6 Å². The molecule has 0 radical (unpaired) electrons. The lowest BCUT2D eigenvalue weighted by Crippen LogP contribution is -2.42. The van der Waals surface area contributed by atoms with Gasteiger partial charge in [0.05, 0.1) is 0 Å². The van der Waals surface area contributed by atoms with Crippen LogP contribution in [0.2, 0.25) is 0 Å². The number of guanidine groups is 1. The fraction of sp³-hybridized carbons (Fsp3) is 0.933. The summed E-state index contributed by atoms with van der Waals surface area (Å²) in [6.45, 7) is 9.02. The molecule has 4 nitrogen and oxygen atoms in total. The van der Waals surface area contributed by atoms with Crippen molar-refractivity contribution in [2.24, 2.45) is 4.99 Å². The Morgan fingerprint density at radius 3 is 2.85 bits per heavy atom. The van der Waals surface area contributed by atoms with Gasteiger partial charge in [0.1, 0.15) is 0 Å². The lowest BCUT2D eigenvalue weighted by Gasteiger charge is -2.33. The normalized spacial score (nSPS) is 22.6. The average molecular weight is 301 g/mol. The summed E-state index contributed by atoms with van der Waals surface area (Å²) in [5.74, 6) is 0.928. The molecule has 2 unspecified atom stereocenters. The molecule has 1 heterocycles. The summed E-state index contributed by atoms with van der Waals surface area (Å²) in [6.07, 6.45) is 7.46. The molecule has 0 aromatic heterocycles. The SMILES string of the molecule is CN=C(NCCCN1CCCCC1C)NCC(C)SC. The summed E-state index contributed by atoms with van der Waals surface area (Å²) >= 11 is 1.87. The molecule has 1 aliphatic rings. The number of likely N-dealkylation sites (tertiary alicyclic amines) is 1. The van der Waals surface area contributed by atoms with Gasteiger partial charge in [-0.15, -0.1) is 0 Å². The highest BCUT2D eigenvalue weighted by atomic mass is 32.2. The Labute approximate surface area is 129 Å². The van der Waals surface area contributed by atoms with Crippen LogP contribution in [0.4, 0.5) is 0 Å². The summed E-state index contributed by atoms with van der Waals surface area (Å²) in [5, 5.41) is 7.39. The van der Waals surface area contributed by atoms with Crippen molar-refractivity contribution < 1.29 is 0 Å². The van der Waals surface area contributed by atoms with Crippen LogP contribution in [0.5, 0.6) is 0 Å². The van der Waals surface area contributed by atoms with Crippen molar-refractivity contribution in [3.05, 3.63) is 0 Å². The third-order valence-electron chi connectivity index (χ3n) is 4.04. The molecule has 0 aromatic carbocycles. The molecule has 1 rings (SSSR count). The second-order valence-electron chi connectivity index (χ2n) is 5.66. The summed E-state index contributed by atoms with van der Waals surface area (Å²) in [7, 11) is 1.84. The highest BCUT2D eigenvalue weighted by molar-refractivity contribution is 7.99. The van der Waals surface area contributed by atoms with E-state index in [1.54, 1.807) is 0 Å². The van der Waals surface area contributed by atoms with Gasteiger partial charge in [-0.2, -0.15) is 11.8 Å². The molecule has 0 saturated carbocycles. The predicted octanol–water partition coefficient (Wildman–Crippen LogP) is 2.17. The van der Waals surface area contributed by atoms with Gasteiger partial charge in [-0.1, -0.05) is 13.3 Å². The fourth-order valence-corrected chi connectivity index (χ4v) is 2.77. The summed E-state index contributed by atoms with van der Waals surface area (Å²) in [5.41, 5.74) is 0. The van der Waals surface area contributed by atoms with Gasteiger partial charge in [0.15, 0.2) is 5.96 Å². The van der Waals surface area contributed by atoms with E-state index in [0.29, 0.717) is 5.25 Å². The molecular formula is C15H32N4S. The lowest BCUT2D eigenvalue weighted by atomic mass is 10.0. The van der Waals surface area contributed by atoms with Crippen molar-refractivity contribution in [2.75, 3.05) is 39.5 Å². The minimum atomic E-state index is 0.614. The Hall–Kier alpha value is -0.420. The maximum atomic E-state index is 4.27. The van der Waals surface area contributed by atoms with Crippen LogP contribution in [0.3, 0.4) is 0 Å². The van der Waals surface area contributed by atoms with Crippen LogP contribution >= 0.6 is 11.8 Å². The number of nitrogens with zero attached hydrogens (tertiary/aromatic N) is 2. The molecule has 2 atom stereocenters. The monoisotopic (exact) mass is 300 g/mol. The minimum Gasteiger partial charge on any atom is -0.356 e. The first-order chi connectivity index (χ1) is 9.67. The Morgan fingerprint density at radius 1 is 1.40 bits per heavy atom. The summed E-state index contributed by atoms with van der Waals surface area (Å²) in [4.78, 5) is 6.89.